The molecule has 2 rings (SSSR count). The predicted octanol–water partition coefficient (Wildman–Crippen LogP) is 2.18. The molecule has 98 valence electrons. The summed E-state index contributed by atoms with van der Waals surface area (Å²) in [6.45, 7) is 2.84. The summed E-state index contributed by atoms with van der Waals surface area (Å²) in [6.07, 6.45) is 2.28. The molecule has 3 nitrogen and oxygen atoms in total. The maximum atomic E-state index is 13.4. The number of guanidine groups is 1. The minimum atomic E-state index is -0.443. The molecule has 0 bridgehead atoms. The third-order valence-electron chi connectivity index (χ3n) is 2.68. The lowest BCUT2D eigenvalue weighted by Gasteiger charge is -2.10. The molecule has 0 spiro atoms. The Labute approximate surface area is 105 Å². The molecule has 1 fully saturated rings. The van der Waals surface area contributed by atoms with Crippen LogP contribution in [0.15, 0.2) is 23.2 Å². The zero-order valence-electron chi connectivity index (χ0n) is 10.3. The third-order valence-corrected chi connectivity index (χ3v) is 2.68. The van der Waals surface area contributed by atoms with Gasteiger partial charge in [0.2, 0.25) is 0 Å². The maximum Gasteiger partial charge on any atom is 0.191 e. The van der Waals surface area contributed by atoms with E-state index in [1.54, 1.807) is 0 Å². The molecule has 0 aromatic heterocycles. The molecule has 0 saturated heterocycles. The normalized spacial score (nSPS) is 15.6. The average molecular weight is 253 g/mol. The summed E-state index contributed by atoms with van der Waals surface area (Å²) in [5, 5.41) is 6.30. The number of halogens is 2. The molecule has 0 aliphatic heterocycles. The Morgan fingerprint density at radius 1 is 1.39 bits per heavy atom. The quantitative estimate of drug-likeness (QED) is 0.637. The number of benzene rings is 1. The van der Waals surface area contributed by atoms with Gasteiger partial charge in [-0.3, -0.25) is 0 Å². The maximum absolute atomic E-state index is 13.4. The second-order valence-electron chi connectivity index (χ2n) is 4.35. The lowest BCUT2D eigenvalue weighted by Crippen LogP contribution is -2.38. The van der Waals surface area contributed by atoms with Crippen LogP contribution >= 0.6 is 0 Å². The van der Waals surface area contributed by atoms with Gasteiger partial charge in [0, 0.05) is 18.2 Å². The fourth-order valence-electron chi connectivity index (χ4n) is 1.57. The first-order chi connectivity index (χ1) is 8.69. The Kier molecular flexibility index (Phi) is 4.12. The molecule has 0 amide bonds. The van der Waals surface area contributed by atoms with Crippen molar-refractivity contribution in [2.45, 2.75) is 32.4 Å². The minimum absolute atomic E-state index is 0.131. The van der Waals surface area contributed by atoms with Crippen LogP contribution in [0.1, 0.15) is 25.3 Å². The van der Waals surface area contributed by atoms with Gasteiger partial charge < -0.3 is 10.6 Å². The van der Waals surface area contributed by atoms with Crippen molar-refractivity contribution in [1.82, 2.24) is 10.6 Å². The first-order valence-electron chi connectivity index (χ1n) is 6.18. The molecule has 1 aromatic rings. The van der Waals surface area contributed by atoms with Gasteiger partial charge >= 0.3 is 0 Å². The van der Waals surface area contributed by atoms with Crippen LogP contribution in [0.4, 0.5) is 8.78 Å². The van der Waals surface area contributed by atoms with E-state index in [9.17, 15) is 8.78 Å². The van der Waals surface area contributed by atoms with Gasteiger partial charge in [-0.05, 0) is 38.0 Å². The van der Waals surface area contributed by atoms with Crippen LogP contribution in [0.2, 0.25) is 0 Å². The zero-order chi connectivity index (χ0) is 13.0. The molecule has 1 aliphatic carbocycles. The van der Waals surface area contributed by atoms with Crippen LogP contribution in [0.25, 0.3) is 0 Å². The molecule has 5 heteroatoms. The molecular formula is C13H17F2N3. The number of rotatable bonds is 4. The molecular weight excluding hydrogens is 236 g/mol. The number of nitrogens with zero attached hydrogens (tertiary/aromatic N) is 1. The molecule has 18 heavy (non-hydrogen) atoms. The number of nitrogens with one attached hydrogen (secondary N) is 2. The van der Waals surface area contributed by atoms with Crippen molar-refractivity contribution >= 4 is 5.96 Å². The van der Waals surface area contributed by atoms with E-state index in [1.807, 2.05) is 6.92 Å². The molecule has 0 unspecified atom stereocenters. The largest absolute Gasteiger partial charge is 0.357 e. The van der Waals surface area contributed by atoms with Crippen LogP contribution in [-0.4, -0.2) is 18.5 Å². The average Bonchev–Trinajstić information content (AvgIpc) is 3.14. The first-order valence-corrected chi connectivity index (χ1v) is 6.18. The Morgan fingerprint density at radius 2 is 2.17 bits per heavy atom. The summed E-state index contributed by atoms with van der Waals surface area (Å²) in [5.74, 6) is -0.215. The van der Waals surface area contributed by atoms with E-state index < -0.39 is 11.6 Å². The van der Waals surface area contributed by atoms with Crippen molar-refractivity contribution in [3.63, 3.8) is 0 Å². The molecule has 0 atom stereocenters. The van der Waals surface area contributed by atoms with Crippen LogP contribution in [-0.2, 0) is 6.54 Å². The molecule has 1 saturated carbocycles. The summed E-state index contributed by atoms with van der Waals surface area (Å²) >= 11 is 0. The van der Waals surface area contributed by atoms with Crippen molar-refractivity contribution in [2.75, 3.05) is 6.54 Å². The van der Waals surface area contributed by atoms with Crippen molar-refractivity contribution in [3.05, 3.63) is 35.4 Å². The highest BCUT2D eigenvalue weighted by atomic mass is 19.1. The Morgan fingerprint density at radius 3 is 2.83 bits per heavy atom. The van der Waals surface area contributed by atoms with E-state index in [0.29, 0.717) is 12.0 Å². The van der Waals surface area contributed by atoms with Crippen LogP contribution in [0, 0.1) is 11.6 Å². The second-order valence-corrected chi connectivity index (χ2v) is 4.35. The van der Waals surface area contributed by atoms with Gasteiger partial charge in [-0.25, -0.2) is 13.8 Å². The van der Waals surface area contributed by atoms with E-state index in [-0.39, 0.29) is 12.1 Å². The van der Waals surface area contributed by atoms with Gasteiger partial charge in [-0.2, -0.15) is 0 Å². The fourth-order valence-corrected chi connectivity index (χ4v) is 1.57. The first kappa shape index (κ1) is 12.8. The summed E-state index contributed by atoms with van der Waals surface area (Å²) in [5.41, 5.74) is 0.267. The van der Waals surface area contributed by atoms with E-state index in [1.165, 1.54) is 6.07 Å². The van der Waals surface area contributed by atoms with Crippen molar-refractivity contribution in [1.29, 1.82) is 0 Å². The lowest BCUT2D eigenvalue weighted by atomic mass is 10.2. The van der Waals surface area contributed by atoms with Crippen LogP contribution < -0.4 is 10.6 Å². The van der Waals surface area contributed by atoms with Crippen molar-refractivity contribution in [2.24, 2.45) is 4.99 Å². The standard InChI is InChI=1S/C13H17F2N3/c1-2-16-13(18-11-4-5-11)17-8-9-7-10(14)3-6-12(9)15/h3,6-7,11H,2,4-5,8H2,1H3,(H2,16,17,18). The summed E-state index contributed by atoms with van der Waals surface area (Å²) in [4.78, 5) is 4.25. The Bertz CT molecular complexity index is 442. The van der Waals surface area contributed by atoms with E-state index >= 15 is 0 Å². The highest BCUT2D eigenvalue weighted by Crippen LogP contribution is 2.18. The van der Waals surface area contributed by atoms with E-state index in [4.69, 9.17) is 0 Å². The summed E-state index contributed by atoms with van der Waals surface area (Å²) < 4.78 is 26.4. The number of aliphatic imine (C=N–C) groups is 1. The topological polar surface area (TPSA) is 36.4 Å². The SMILES string of the molecule is CCNC(=NCc1cc(F)ccc1F)NC1CC1. The van der Waals surface area contributed by atoms with Gasteiger partial charge in [0.05, 0.1) is 6.54 Å². The molecule has 1 aromatic carbocycles. The number of hydrogen-bond acceptors (Lipinski definition) is 1. The van der Waals surface area contributed by atoms with Gasteiger partial charge in [-0.15, -0.1) is 0 Å². The summed E-state index contributed by atoms with van der Waals surface area (Å²) in [7, 11) is 0. The monoisotopic (exact) mass is 253 g/mol. The predicted molar refractivity (Wildman–Crippen MR) is 67.3 cm³/mol. The van der Waals surface area contributed by atoms with Crippen LogP contribution in [0.3, 0.4) is 0 Å². The van der Waals surface area contributed by atoms with E-state index in [2.05, 4.69) is 15.6 Å². The smallest absolute Gasteiger partial charge is 0.191 e. The molecule has 0 heterocycles. The highest BCUT2D eigenvalue weighted by molar-refractivity contribution is 5.80. The summed E-state index contributed by atoms with van der Waals surface area (Å²) in [6, 6.07) is 3.89. The van der Waals surface area contributed by atoms with Gasteiger partial charge in [0.1, 0.15) is 11.6 Å². The Balaban J connectivity index is 2.03. The zero-order valence-corrected chi connectivity index (χ0v) is 10.3. The third kappa shape index (κ3) is 3.68. The van der Waals surface area contributed by atoms with Gasteiger partial charge in [0.15, 0.2) is 5.96 Å². The Hall–Kier alpha value is -1.65. The van der Waals surface area contributed by atoms with Gasteiger partial charge in [0.25, 0.3) is 0 Å². The lowest BCUT2D eigenvalue weighted by molar-refractivity contribution is 0.585. The van der Waals surface area contributed by atoms with Crippen molar-refractivity contribution in [3.8, 4) is 0 Å². The second kappa shape index (κ2) is 5.80. The van der Waals surface area contributed by atoms with Crippen LogP contribution in [0.5, 0.6) is 0 Å². The number of hydrogen-bond donors (Lipinski definition) is 2. The van der Waals surface area contributed by atoms with E-state index in [0.717, 1.165) is 31.5 Å². The molecule has 1 aliphatic rings. The van der Waals surface area contributed by atoms with Crippen molar-refractivity contribution < 1.29 is 8.78 Å². The highest BCUT2D eigenvalue weighted by Gasteiger charge is 2.22. The molecule has 2 N–H and O–H groups in total. The van der Waals surface area contributed by atoms with Gasteiger partial charge in [-0.1, -0.05) is 0 Å². The minimum Gasteiger partial charge on any atom is -0.357 e. The fraction of sp³-hybridized carbons (Fsp3) is 0.462. The molecule has 0 radical (unpaired) electrons.